The van der Waals surface area contributed by atoms with E-state index in [4.69, 9.17) is 5.73 Å². The van der Waals surface area contributed by atoms with Gasteiger partial charge in [0.15, 0.2) is 0 Å². The topological polar surface area (TPSA) is 54.7 Å². The quantitative estimate of drug-likeness (QED) is 0.782. The molecule has 3 heteroatoms. The van der Waals surface area contributed by atoms with Crippen LogP contribution in [0.15, 0.2) is 24.3 Å². The number of nitrogens with zero attached hydrogens (tertiary/aromatic N) is 1. The molecule has 0 aliphatic heterocycles. The lowest BCUT2D eigenvalue weighted by Gasteiger charge is -2.03. The van der Waals surface area contributed by atoms with Crippen LogP contribution in [0, 0.1) is 13.8 Å². The lowest BCUT2D eigenvalue weighted by atomic mass is 10.0. The van der Waals surface area contributed by atoms with Crippen LogP contribution in [0.5, 0.6) is 0 Å². The average Bonchev–Trinajstić information content (AvgIpc) is 2.70. The third kappa shape index (κ3) is 1.92. The van der Waals surface area contributed by atoms with E-state index in [1.807, 2.05) is 6.07 Å². The Kier molecular flexibility index (Phi) is 2.56. The molecule has 1 aromatic heterocycles. The maximum absolute atomic E-state index is 5.54. The lowest BCUT2D eigenvalue weighted by Crippen LogP contribution is -1.95. The molecule has 0 amide bonds. The van der Waals surface area contributed by atoms with Gasteiger partial charge in [0.05, 0.1) is 5.69 Å². The van der Waals surface area contributed by atoms with Crippen LogP contribution in [0.25, 0.3) is 11.3 Å². The van der Waals surface area contributed by atoms with Gasteiger partial charge in [-0.2, -0.15) is 5.10 Å². The van der Waals surface area contributed by atoms with E-state index in [-0.39, 0.29) is 0 Å². The van der Waals surface area contributed by atoms with Crippen LogP contribution in [0.1, 0.15) is 16.8 Å². The highest BCUT2D eigenvalue weighted by Crippen LogP contribution is 2.22. The van der Waals surface area contributed by atoms with Crippen molar-refractivity contribution >= 4 is 0 Å². The number of H-pyrrole nitrogens is 1. The van der Waals surface area contributed by atoms with Gasteiger partial charge in [-0.15, -0.1) is 0 Å². The van der Waals surface area contributed by atoms with Crippen molar-refractivity contribution in [2.24, 2.45) is 5.73 Å². The molecule has 0 atom stereocenters. The van der Waals surface area contributed by atoms with E-state index in [1.54, 1.807) is 0 Å². The Labute approximate surface area is 89.3 Å². The number of nitrogens with one attached hydrogen (secondary N) is 1. The fourth-order valence-corrected chi connectivity index (χ4v) is 1.62. The van der Waals surface area contributed by atoms with Crippen molar-refractivity contribution in [3.63, 3.8) is 0 Å². The molecule has 0 spiro atoms. The van der Waals surface area contributed by atoms with Crippen LogP contribution < -0.4 is 5.73 Å². The van der Waals surface area contributed by atoms with E-state index < -0.39 is 0 Å². The monoisotopic (exact) mass is 201 g/mol. The van der Waals surface area contributed by atoms with Crippen molar-refractivity contribution in [1.82, 2.24) is 10.2 Å². The van der Waals surface area contributed by atoms with Gasteiger partial charge in [0.2, 0.25) is 0 Å². The molecule has 1 heterocycles. The number of benzene rings is 1. The molecule has 0 fully saturated rings. The lowest BCUT2D eigenvalue weighted by molar-refractivity contribution is 0.948. The summed E-state index contributed by atoms with van der Waals surface area (Å²) in [7, 11) is 0. The number of aromatic amines is 1. The fraction of sp³-hybridized carbons (Fsp3) is 0.250. The smallest absolute Gasteiger partial charge is 0.0926 e. The molecule has 1 aromatic carbocycles. The Hall–Kier alpha value is -1.61. The standard InChI is InChI=1S/C12H15N3/c1-8-3-4-9(2)11(5-8)12-6-10(7-13)14-15-12/h3-6H,7,13H2,1-2H3,(H,14,15). The van der Waals surface area contributed by atoms with Crippen LogP contribution in [-0.2, 0) is 6.54 Å². The summed E-state index contributed by atoms with van der Waals surface area (Å²) in [6.45, 7) is 4.67. The maximum Gasteiger partial charge on any atom is 0.0926 e. The minimum absolute atomic E-state index is 0.498. The molecule has 3 N–H and O–H groups in total. The third-order valence-corrected chi connectivity index (χ3v) is 2.52. The highest BCUT2D eigenvalue weighted by Gasteiger charge is 2.05. The van der Waals surface area contributed by atoms with E-state index in [0.717, 1.165) is 11.4 Å². The molecule has 2 rings (SSSR count). The molecule has 78 valence electrons. The van der Waals surface area contributed by atoms with Crippen LogP contribution in [-0.4, -0.2) is 10.2 Å². The van der Waals surface area contributed by atoms with Crippen LogP contribution in [0.2, 0.25) is 0 Å². The normalized spacial score (nSPS) is 10.6. The highest BCUT2D eigenvalue weighted by molar-refractivity contribution is 5.64. The Bertz CT molecular complexity index is 471. The molecular formula is C12H15N3. The van der Waals surface area contributed by atoms with Gasteiger partial charge >= 0.3 is 0 Å². The number of hydrogen-bond acceptors (Lipinski definition) is 2. The second kappa shape index (κ2) is 3.87. The first-order valence-electron chi connectivity index (χ1n) is 5.02. The van der Waals surface area contributed by atoms with Gasteiger partial charge < -0.3 is 5.73 Å². The van der Waals surface area contributed by atoms with E-state index in [2.05, 4.69) is 42.2 Å². The molecule has 0 saturated heterocycles. The summed E-state index contributed by atoms with van der Waals surface area (Å²) in [5.74, 6) is 0. The van der Waals surface area contributed by atoms with Gasteiger partial charge in [0.1, 0.15) is 0 Å². The van der Waals surface area contributed by atoms with Crippen molar-refractivity contribution in [1.29, 1.82) is 0 Å². The van der Waals surface area contributed by atoms with Gasteiger partial charge in [-0.3, -0.25) is 5.10 Å². The summed E-state index contributed by atoms with van der Waals surface area (Å²) in [6.07, 6.45) is 0. The second-order valence-corrected chi connectivity index (χ2v) is 3.80. The van der Waals surface area contributed by atoms with E-state index in [9.17, 15) is 0 Å². The summed E-state index contributed by atoms with van der Waals surface area (Å²) in [4.78, 5) is 0. The molecule has 15 heavy (non-hydrogen) atoms. The molecule has 0 unspecified atom stereocenters. The first kappa shape index (κ1) is 9.93. The van der Waals surface area contributed by atoms with Gasteiger partial charge in [-0.1, -0.05) is 17.7 Å². The van der Waals surface area contributed by atoms with Crippen LogP contribution in [0.3, 0.4) is 0 Å². The van der Waals surface area contributed by atoms with Gasteiger partial charge in [0.25, 0.3) is 0 Å². The van der Waals surface area contributed by atoms with Gasteiger partial charge in [-0.05, 0) is 31.5 Å². The van der Waals surface area contributed by atoms with Gasteiger partial charge in [0, 0.05) is 17.8 Å². The Morgan fingerprint density at radius 1 is 1.27 bits per heavy atom. The summed E-state index contributed by atoms with van der Waals surface area (Å²) in [5.41, 5.74) is 11.1. The molecule has 0 radical (unpaired) electrons. The number of aryl methyl sites for hydroxylation is 2. The largest absolute Gasteiger partial charge is 0.325 e. The molecule has 2 aromatic rings. The molecule has 0 aliphatic carbocycles. The van der Waals surface area contributed by atoms with Crippen LogP contribution in [0.4, 0.5) is 0 Å². The number of aromatic nitrogens is 2. The number of nitrogens with two attached hydrogens (primary N) is 1. The Morgan fingerprint density at radius 3 is 2.73 bits per heavy atom. The predicted molar refractivity (Wildman–Crippen MR) is 61.4 cm³/mol. The van der Waals surface area contributed by atoms with E-state index in [1.165, 1.54) is 16.7 Å². The van der Waals surface area contributed by atoms with Crippen molar-refractivity contribution < 1.29 is 0 Å². The molecule has 0 aliphatic rings. The zero-order chi connectivity index (χ0) is 10.8. The number of hydrogen-bond donors (Lipinski definition) is 2. The van der Waals surface area contributed by atoms with Crippen molar-refractivity contribution in [2.75, 3.05) is 0 Å². The SMILES string of the molecule is Cc1ccc(C)c(-c2cc(CN)[nH]n2)c1. The summed E-state index contributed by atoms with van der Waals surface area (Å²) in [5, 5.41) is 7.18. The molecule has 3 nitrogen and oxygen atoms in total. The fourth-order valence-electron chi connectivity index (χ4n) is 1.62. The zero-order valence-corrected chi connectivity index (χ0v) is 9.04. The minimum atomic E-state index is 0.498. The second-order valence-electron chi connectivity index (χ2n) is 3.80. The Balaban J connectivity index is 2.48. The zero-order valence-electron chi connectivity index (χ0n) is 9.04. The average molecular weight is 201 g/mol. The van der Waals surface area contributed by atoms with E-state index >= 15 is 0 Å². The van der Waals surface area contributed by atoms with Crippen molar-refractivity contribution in [2.45, 2.75) is 20.4 Å². The third-order valence-electron chi connectivity index (χ3n) is 2.52. The summed E-state index contributed by atoms with van der Waals surface area (Å²) < 4.78 is 0. The molecule has 0 bridgehead atoms. The summed E-state index contributed by atoms with van der Waals surface area (Å²) in [6, 6.07) is 8.37. The highest BCUT2D eigenvalue weighted by atomic mass is 15.1. The predicted octanol–water partition coefficient (Wildman–Crippen LogP) is 2.15. The Morgan fingerprint density at radius 2 is 2.07 bits per heavy atom. The van der Waals surface area contributed by atoms with E-state index in [0.29, 0.717) is 6.54 Å². The first-order valence-corrected chi connectivity index (χ1v) is 5.02. The maximum atomic E-state index is 5.54. The minimum Gasteiger partial charge on any atom is -0.325 e. The first-order chi connectivity index (χ1) is 7.20. The van der Waals surface area contributed by atoms with Crippen LogP contribution >= 0.6 is 0 Å². The van der Waals surface area contributed by atoms with Gasteiger partial charge in [-0.25, -0.2) is 0 Å². The summed E-state index contributed by atoms with van der Waals surface area (Å²) >= 11 is 0. The van der Waals surface area contributed by atoms with Crippen molar-refractivity contribution in [3.05, 3.63) is 41.1 Å². The molecular weight excluding hydrogens is 186 g/mol. The molecule has 0 saturated carbocycles. The van der Waals surface area contributed by atoms with Crippen molar-refractivity contribution in [3.8, 4) is 11.3 Å². The number of rotatable bonds is 2.